The van der Waals surface area contributed by atoms with Crippen molar-refractivity contribution < 1.29 is 14.1 Å². The molecule has 0 aliphatic rings. The third kappa shape index (κ3) is 4.22. The number of hydrogen-bond acceptors (Lipinski definition) is 5. The zero-order valence-electron chi connectivity index (χ0n) is 14.8. The lowest BCUT2D eigenvalue weighted by Gasteiger charge is -2.07. The van der Waals surface area contributed by atoms with Crippen molar-refractivity contribution in [2.24, 2.45) is 0 Å². The van der Waals surface area contributed by atoms with Crippen molar-refractivity contribution in [2.45, 2.75) is 32.7 Å². The smallest absolute Gasteiger partial charge is 0.407 e. The van der Waals surface area contributed by atoms with Crippen LogP contribution >= 0.6 is 0 Å². The summed E-state index contributed by atoms with van der Waals surface area (Å²) in [7, 11) is 0. The summed E-state index contributed by atoms with van der Waals surface area (Å²) in [6.07, 6.45) is 1.56. The van der Waals surface area contributed by atoms with Crippen LogP contribution in [0.5, 0.6) is 0 Å². The van der Waals surface area contributed by atoms with Gasteiger partial charge in [0, 0.05) is 24.7 Å². The summed E-state index contributed by atoms with van der Waals surface area (Å²) in [6, 6.07) is 11.7. The Kier molecular flexibility index (Phi) is 5.35. The van der Waals surface area contributed by atoms with E-state index in [0.717, 1.165) is 17.7 Å². The molecule has 2 aromatic carbocycles. The number of fused-ring (bicyclic) bond motifs is 1. The molecule has 0 radical (unpaired) electrons. The second-order valence-corrected chi connectivity index (χ2v) is 6.13. The van der Waals surface area contributed by atoms with Crippen LogP contribution in [0.2, 0.25) is 0 Å². The van der Waals surface area contributed by atoms with E-state index in [2.05, 4.69) is 5.32 Å². The molecule has 0 unspecified atom stereocenters. The van der Waals surface area contributed by atoms with Gasteiger partial charge >= 0.3 is 5.76 Å². The van der Waals surface area contributed by atoms with Gasteiger partial charge in [-0.1, -0.05) is 19.1 Å². The molecule has 0 aliphatic carbocycles. The summed E-state index contributed by atoms with van der Waals surface area (Å²) in [4.78, 5) is 34.4. The molecule has 0 bridgehead atoms. The molecule has 27 heavy (non-hydrogen) atoms. The van der Waals surface area contributed by atoms with Crippen LogP contribution in [0.3, 0.4) is 0 Å². The quantitative estimate of drug-likeness (QED) is 0.507. The normalized spacial score (nSPS) is 10.9. The van der Waals surface area contributed by atoms with Gasteiger partial charge in [0.05, 0.1) is 16.5 Å². The number of aryl methyl sites for hydroxylation is 2. The predicted molar refractivity (Wildman–Crippen MR) is 101 cm³/mol. The van der Waals surface area contributed by atoms with Crippen LogP contribution in [0.1, 0.15) is 25.3 Å². The van der Waals surface area contributed by atoms with Gasteiger partial charge < -0.3 is 9.73 Å². The van der Waals surface area contributed by atoms with E-state index < -0.39 is 10.7 Å². The van der Waals surface area contributed by atoms with Crippen molar-refractivity contribution in [2.75, 3.05) is 5.32 Å². The fourth-order valence-electron chi connectivity index (χ4n) is 2.87. The number of oxazole rings is 1. The number of anilines is 1. The molecular formula is C19H19N3O5. The minimum Gasteiger partial charge on any atom is -0.407 e. The van der Waals surface area contributed by atoms with E-state index in [4.69, 9.17) is 4.42 Å². The first-order chi connectivity index (χ1) is 13.0. The Balaban J connectivity index is 1.63. The monoisotopic (exact) mass is 369 g/mol. The molecule has 3 aromatic rings. The van der Waals surface area contributed by atoms with E-state index in [1.807, 2.05) is 31.2 Å². The van der Waals surface area contributed by atoms with Crippen LogP contribution in [-0.4, -0.2) is 15.4 Å². The Morgan fingerprint density at radius 1 is 1.26 bits per heavy atom. The maximum Gasteiger partial charge on any atom is 0.419 e. The van der Waals surface area contributed by atoms with E-state index in [1.165, 1.54) is 22.8 Å². The highest BCUT2D eigenvalue weighted by molar-refractivity contribution is 5.90. The van der Waals surface area contributed by atoms with Gasteiger partial charge in [-0.05, 0) is 36.6 Å². The van der Waals surface area contributed by atoms with Crippen LogP contribution in [0.15, 0.2) is 51.7 Å². The Hall–Kier alpha value is -3.42. The predicted octanol–water partition coefficient (Wildman–Crippen LogP) is 3.48. The average Bonchev–Trinajstić information content (AvgIpc) is 2.96. The molecular weight excluding hydrogens is 350 g/mol. The highest BCUT2D eigenvalue weighted by atomic mass is 16.6. The molecule has 3 rings (SSSR count). The third-order valence-corrected chi connectivity index (χ3v) is 4.27. The van der Waals surface area contributed by atoms with E-state index in [-0.39, 0.29) is 30.1 Å². The number of amides is 1. The van der Waals surface area contributed by atoms with Crippen LogP contribution < -0.4 is 11.1 Å². The summed E-state index contributed by atoms with van der Waals surface area (Å²) < 4.78 is 6.45. The van der Waals surface area contributed by atoms with Crippen molar-refractivity contribution in [1.82, 2.24) is 4.57 Å². The van der Waals surface area contributed by atoms with Crippen LogP contribution in [0.4, 0.5) is 11.4 Å². The summed E-state index contributed by atoms with van der Waals surface area (Å²) in [6.45, 7) is 2.33. The Bertz CT molecular complexity index is 1050. The first-order valence-corrected chi connectivity index (χ1v) is 8.64. The second-order valence-electron chi connectivity index (χ2n) is 6.13. The number of carbonyl (C=O) groups is 1. The largest absolute Gasteiger partial charge is 0.419 e. The number of nitro benzene ring substituents is 1. The molecule has 140 valence electrons. The first kappa shape index (κ1) is 18.4. The number of carbonyl (C=O) groups excluding carboxylic acids is 1. The number of non-ortho nitro benzene ring substituents is 1. The molecule has 0 aliphatic heterocycles. The molecule has 0 atom stereocenters. The maximum atomic E-state index is 12.1. The van der Waals surface area contributed by atoms with Gasteiger partial charge in [0.1, 0.15) is 0 Å². The Labute approximate surface area is 154 Å². The zero-order valence-corrected chi connectivity index (χ0v) is 14.8. The topological polar surface area (TPSA) is 107 Å². The summed E-state index contributed by atoms with van der Waals surface area (Å²) in [5.74, 6) is -0.735. The molecule has 0 fully saturated rings. The third-order valence-electron chi connectivity index (χ3n) is 4.27. The van der Waals surface area contributed by atoms with Crippen molar-refractivity contribution in [1.29, 1.82) is 0 Å². The lowest BCUT2D eigenvalue weighted by atomic mass is 10.1. The number of aromatic nitrogens is 1. The average molecular weight is 369 g/mol. The summed E-state index contributed by atoms with van der Waals surface area (Å²) in [5.41, 5.74) is 2.38. The van der Waals surface area contributed by atoms with Crippen LogP contribution in [0.25, 0.3) is 11.1 Å². The number of nitro groups is 1. The van der Waals surface area contributed by atoms with Crippen LogP contribution in [-0.2, 0) is 17.8 Å². The standard InChI is InChI=1S/C19H19N3O5/c1-2-13-5-3-6-14(11-13)20-18(23)7-4-10-21-16-9-8-15(22(25)26)12-17(16)27-19(21)24/h3,5-6,8-9,11-12H,2,4,7,10H2,1H3,(H,20,23). The minimum absolute atomic E-state index is 0.139. The highest BCUT2D eigenvalue weighted by Gasteiger charge is 2.14. The SMILES string of the molecule is CCc1cccc(NC(=O)CCCn2c(=O)oc3cc([N+](=O)[O-])ccc32)c1. The molecule has 8 nitrogen and oxygen atoms in total. The number of benzene rings is 2. The van der Waals surface area contributed by atoms with Gasteiger partial charge in [0.15, 0.2) is 5.58 Å². The Morgan fingerprint density at radius 2 is 2.07 bits per heavy atom. The zero-order chi connectivity index (χ0) is 19.4. The van der Waals surface area contributed by atoms with Gasteiger partial charge in [-0.3, -0.25) is 19.5 Å². The molecule has 0 saturated carbocycles. The number of hydrogen-bond donors (Lipinski definition) is 1. The molecule has 1 amide bonds. The Morgan fingerprint density at radius 3 is 2.81 bits per heavy atom. The van der Waals surface area contributed by atoms with Crippen molar-refractivity contribution in [3.8, 4) is 0 Å². The highest BCUT2D eigenvalue weighted by Crippen LogP contribution is 2.20. The molecule has 8 heteroatoms. The molecule has 1 aromatic heterocycles. The fraction of sp³-hybridized carbons (Fsp3) is 0.263. The molecule has 0 spiro atoms. The number of nitrogens with zero attached hydrogens (tertiary/aromatic N) is 2. The van der Waals surface area contributed by atoms with E-state index in [9.17, 15) is 19.7 Å². The van der Waals surface area contributed by atoms with E-state index >= 15 is 0 Å². The van der Waals surface area contributed by atoms with Crippen molar-refractivity contribution in [3.05, 3.63) is 68.7 Å². The molecule has 1 heterocycles. The van der Waals surface area contributed by atoms with E-state index in [0.29, 0.717) is 11.9 Å². The van der Waals surface area contributed by atoms with E-state index in [1.54, 1.807) is 0 Å². The lowest BCUT2D eigenvalue weighted by Crippen LogP contribution is -2.17. The van der Waals surface area contributed by atoms with Crippen LogP contribution in [0, 0.1) is 10.1 Å². The van der Waals surface area contributed by atoms with Gasteiger partial charge in [0.2, 0.25) is 5.91 Å². The second kappa shape index (κ2) is 7.86. The summed E-state index contributed by atoms with van der Waals surface area (Å²) in [5, 5.41) is 13.7. The van der Waals surface area contributed by atoms with Gasteiger partial charge in [-0.2, -0.15) is 0 Å². The van der Waals surface area contributed by atoms with Crippen molar-refractivity contribution in [3.63, 3.8) is 0 Å². The van der Waals surface area contributed by atoms with Gasteiger partial charge in [0.25, 0.3) is 5.69 Å². The minimum atomic E-state index is -0.596. The molecule has 1 N–H and O–H groups in total. The molecule has 0 saturated heterocycles. The van der Waals surface area contributed by atoms with Crippen molar-refractivity contribution >= 4 is 28.4 Å². The maximum absolute atomic E-state index is 12.1. The van der Waals surface area contributed by atoms with Gasteiger partial charge in [-0.25, -0.2) is 4.79 Å². The first-order valence-electron chi connectivity index (χ1n) is 8.64. The fourth-order valence-corrected chi connectivity index (χ4v) is 2.87. The lowest BCUT2D eigenvalue weighted by molar-refractivity contribution is -0.384. The van der Waals surface area contributed by atoms with Gasteiger partial charge in [-0.15, -0.1) is 0 Å². The number of nitrogens with one attached hydrogen (secondary N) is 1. The summed E-state index contributed by atoms with van der Waals surface area (Å²) >= 11 is 0. The number of rotatable bonds is 7.